The van der Waals surface area contributed by atoms with Gasteiger partial charge in [-0.15, -0.1) is 0 Å². The molecule has 0 radical (unpaired) electrons. The minimum atomic E-state index is -2.22. The van der Waals surface area contributed by atoms with Gasteiger partial charge in [-0.2, -0.15) is 0 Å². The van der Waals surface area contributed by atoms with Gasteiger partial charge in [-0.3, -0.25) is 0 Å². The van der Waals surface area contributed by atoms with Crippen LogP contribution in [0.25, 0.3) is 0 Å². The first-order valence-electron chi connectivity index (χ1n) is 5.13. The molecule has 1 atom stereocenters. The fraction of sp³-hybridized carbons (Fsp3) is 0.455. The Bertz CT molecular complexity index is 375. The highest BCUT2D eigenvalue weighted by Gasteiger charge is 2.09. The molecule has 1 unspecified atom stereocenters. The number of rotatable bonds is 5. The Morgan fingerprint density at radius 3 is 2.31 bits per heavy atom. The van der Waals surface area contributed by atoms with Crippen molar-refractivity contribution in [2.24, 2.45) is 0 Å². The maximum absolute atomic E-state index is 5.72. The summed E-state index contributed by atoms with van der Waals surface area (Å²) in [5, 5.41) is 0.974. The van der Waals surface area contributed by atoms with Crippen molar-refractivity contribution < 1.29 is 9.01 Å². The molecule has 0 spiro atoms. The Hall–Kier alpha value is 0.140. The predicted octanol–water partition coefficient (Wildman–Crippen LogP) is 1.89. The highest BCUT2D eigenvalue weighted by atomic mass is 32.9. The summed E-state index contributed by atoms with van der Waals surface area (Å²) < 4.78 is 6.58. The summed E-state index contributed by atoms with van der Waals surface area (Å²) in [7, 11) is 6.37. The van der Waals surface area contributed by atoms with Gasteiger partial charge >= 0.3 is 0 Å². The van der Waals surface area contributed by atoms with Gasteiger partial charge in [0.1, 0.15) is 6.54 Å². The molecule has 1 aromatic carbocycles. The van der Waals surface area contributed by atoms with E-state index in [4.69, 9.17) is 28.6 Å². The number of likely N-dealkylation sites (N-methyl/N-ethyl adjacent to an activating group) is 1. The first-order chi connectivity index (χ1) is 7.31. The fourth-order valence-corrected chi connectivity index (χ4v) is 3.31. The largest absolute Gasteiger partial charge is 0.715 e. The molecule has 0 aromatic heterocycles. The molecule has 5 heteroatoms. The molecule has 0 fully saturated rings. The molecule has 0 heterocycles. The summed E-state index contributed by atoms with van der Waals surface area (Å²) in [6.07, 6.45) is 0. The number of quaternary nitrogens is 1. The second-order valence-electron chi connectivity index (χ2n) is 4.68. The molecule has 0 aliphatic rings. The van der Waals surface area contributed by atoms with Gasteiger partial charge in [0.05, 0.1) is 27.7 Å². The van der Waals surface area contributed by atoms with Crippen LogP contribution >= 0.6 is 5.47 Å². The van der Waals surface area contributed by atoms with Gasteiger partial charge in [-0.1, -0.05) is 42.1 Å². The molecule has 1 aromatic rings. The van der Waals surface area contributed by atoms with Crippen molar-refractivity contribution >= 4 is 34.8 Å². The number of benzene rings is 1. The Morgan fingerprint density at radius 2 is 1.81 bits per heavy atom. The molecule has 0 aliphatic heterocycles. The minimum Gasteiger partial charge on any atom is -0.715 e. The third-order valence-corrected chi connectivity index (χ3v) is 5.45. The van der Waals surface area contributed by atoms with E-state index in [1.54, 1.807) is 0 Å². The molecule has 0 N–H and O–H groups in total. The van der Waals surface area contributed by atoms with Gasteiger partial charge in [0.2, 0.25) is 0 Å². The van der Waals surface area contributed by atoms with Crippen LogP contribution in [-0.4, -0.2) is 38.8 Å². The summed E-state index contributed by atoms with van der Waals surface area (Å²) in [5.74, 6) is 0. The van der Waals surface area contributed by atoms with Gasteiger partial charge in [0.15, 0.2) is 0 Å². The van der Waals surface area contributed by atoms with Crippen molar-refractivity contribution in [1.82, 2.24) is 0 Å². The Morgan fingerprint density at radius 1 is 1.25 bits per heavy atom. The lowest BCUT2D eigenvalue weighted by atomic mass is 10.4. The molecule has 2 nitrogen and oxygen atoms in total. The quantitative estimate of drug-likeness (QED) is 0.461. The molecule has 16 heavy (non-hydrogen) atoms. The maximum Gasteiger partial charge on any atom is 0.102 e. The maximum atomic E-state index is 5.72. The first-order valence-corrected chi connectivity index (χ1v) is 8.86. The van der Waals surface area contributed by atoms with Crippen molar-refractivity contribution in [3.63, 3.8) is 0 Å². The van der Waals surface area contributed by atoms with Crippen molar-refractivity contribution in [2.45, 2.75) is 0 Å². The number of hydrogen-bond donors (Lipinski definition) is 0. The van der Waals surface area contributed by atoms with Crippen molar-refractivity contribution in [2.75, 3.05) is 34.3 Å². The predicted molar refractivity (Wildman–Crippen MR) is 76.6 cm³/mol. The zero-order chi connectivity index (χ0) is 12.2. The van der Waals surface area contributed by atoms with Crippen LogP contribution in [0.3, 0.4) is 0 Å². The van der Waals surface area contributed by atoms with E-state index in [1.807, 2.05) is 30.3 Å². The number of nitrogens with zero attached hydrogens (tertiary/aromatic N) is 1. The topological polar surface area (TPSA) is 9.23 Å². The van der Waals surface area contributed by atoms with Gasteiger partial charge in [0, 0.05) is 0 Å². The van der Waals surface area contributed by atoms with E-state index >= 15 is 0 Å². The summed E-state index contributed by atoms with van der Waals surface area (Å²) >= 11 is 10.8. The lowest BCUT2D eigenvalue weighted by Crippen LogP contribution is -2.37. The van der Waals surface area contributed by atoms with E-state index in [0.29, 0.717) is 6.61 Å². The molecule has 0 saturated carbocycles. The molecule has 1 rings (SSSR count). The average molecular weight is 275 g/mol. The zero-order valence-electron chi connectivity index (χ0n) is 9.92. The van der Waals surface area contributed by atoms with Crippen LogP contribution in [0, 0.1) is 0 Å². The van der Waals surface area contributed by atoms with E-state index in [1.165, 1.54) is 0 Å². The molecule has 90 valence electrons. The van der Waals surface area contributed by atoms with Crippen LogP contribution in [0.5, 0.6) is 0 Å². The molecular formula is C11H18NOPS2. The summed E-state index contributed by atoms with van der Waals surface area (Å²) in [4.78, 5) is 0. The third-order valence-electron chi connectivity index (χ3n) is 2.10. The lowest BCUT2D eigenvalue weighted by molar-refractivity contribution is -0.870. The first kappa shape index (κ1) is 14.2. The Labute approximate surface area is 108 Å². The van der Waals surface area contributed by atoms with Crippen LogP contribution in [-0.2, 0) is 28.6 Å². The fourth-order valence-electron chi connectivity index (χ4n) is 1.12. The average Bonchev–Trinajstić information content (AvgIpc) is 2.17. The van der Waals surface area contributed by atoms with Gasteiger partial charge < -0.3 is 21.3 Å². The summed E-state index contributed by atoms with van der Waals surface area (Å²) in [6.45, 7) is 1.54. The third kappa shape index (κ3) is 4.98. The number of hydrogen-bond acceptors (Lipinski definition) is 3. The molecule has 0 saturated heterocycles. The SMILES string of the molecule is C[N+](C)(C)CCOP(=S)([S-])c1ccccc1. The van der Waals surface area contributed by atoms with E-state index in [-0.39, 0.29) is 0 Å². The Kier molecular flexibility index (Phi) is 5.02. The molecule has 0 aliphatic carbocycles. The lowest BCUT2D eigenvalue weighted by Gasteiger charge is -2.31. The zero-order valence-corrected chi connectivity index (χ0v) is 12.4. The highest BCUT2D eigenvalue weighted by molar-refractivity contribution is 8.56. The van der Waals surface area contributed by atoms with Gasteiger partial charge in [-0.05, 0) is 10.8 Å². The van der Waals surface area contributed by atoms with Gasteiger partial charge in [-0.25, -0.2) is 0 Å². The molecular weight excluding hydrogens is 257 g/mol. The molecule has 0 amide bonds. The van der Waals surface area contributed by atoms with Crippen LogP contribution < -0.4 is 5.30 Å². The van der Waals surface area contributed by atoms with Crippen LogP contribution in [0.1, 0.15) is 0 Å². The van der Waals surface area contributed by atoms with E-state index in [9.17, 15) is 0 Å². The standard InChI is InChI=1S/C11H18NOPS2/c1-12(2,3)9-10-13-14(15,16)11-7-5-4-6-8-11/h4-8H,9-10H2,1-3H3. The van der Waals surface area contributed by atoms with Crippen molar-refractivity contribution in [3.8, 4) is 0 Å². The highest BCUT2D eigenvalue weighted by Crippen LogP contribution is 2.42. The molecule has 0 bridgehead atoms. The second kappa shape index (κ2) is 5.65. The Balaban J connectivity index is 2.57. The van der Waals surface area contributed by atoms with E-state index in [0.717, 1.165) is 16.3 Å². The van der Waals surface area contributed by atoms with Crippen molar-refractivity contribution in [3.05, 3.63) is 30.3 Å². The van der Waals surface area contributed by atoms with Crippen molar-refractivity contribution in [1.29, 1.82) is 0 Å². The van der Waals surface area contributed by atoms with Crippen LogP contribution in [0.4, 0.5) is 0 Å². The summed E-state index contributed by atoms with van der Waals surface area (Å²) in [5.41, 5.74) is -2.22. The minimum absolute atomic E-state index is 0.624. The monoisotopic (exact) mass is 275 g/mol. The second-order valence-corrected chi connectivity index (χ2v) is 10.2. The van der Waals surface area contributed by atoms with E-state index in [2.05, 4.69) is 21.1 Å². The summed E-state index contributed by atoms with van der Waals surface area (Å²) in [6, 6.07) is 9.78. The smallest absolute Gasteiger partial charge is 0.102 e. The normalized spacial score (nSPS) is 15.8. The van der Waals surface area contributed by atoms with Crippen LogP contribution in [0.2, 0.25) is 0 Å². The van der Waals surface area contributed by atoms with Crippen LogP contribution in [0.15, 0.2) is 30.3 Å². The van der Waals surface area contributed by atoms with Gasteiger partial charge in [0.25, 0.3) is 0 Å². The van der Waals surface area contributed by atoms with E-state index < -0.39 is 5.47 Å².